The number of fused-ring (bicyclic) bond motifs is 7. The summed E-state index contributed by atoms with van der Waals surface area (Å²) in [6, 6.07) is 68.3. The maximum Gasteiger partial charge on any atom is 0.0546 e. The monoisotopic (exact) mass is 597 g/mol. The molecule has 47 heavy (non-hydrogen) atoms. The van der Waals surface area contributed by atoms with Crippen molar-refractivity contribution in [3.8, 4) is 22.3 Å². The van der Waals surface area contributed by atoms with Gasteiger partial charge in [0.2, 0.25) is 0 Å². The number of hydrogen-bond acceptors (Lipinski definition) is 1. The molecular weight excluding hydrogens is 567 g/mol. The number of anilines is 3. The van der Waals surface area contributed by atoms with Gasteiger partial charge in [0.05, 0.1) is 5.69 Å². The molecular formula is C46H31N. The molecule has 0 saturated carbocycles. The molecule has 0 saturated heterocycles. The number of nitrogens with zero attached hydrogens (tertiary/aromatic N) is 1. The van der Waals surface area contributed by atoms with Gasteiger partial charge >= 0.3 is 0 Å². The predicted molar refractivity (Wildman–Crippen MR) is 202 cm³/mol. The first-order chi connectivity index (χ1) is 23.3. The van der Waals surface area contributed by atoms with E-state index in [9.17, 15) is 0 Å². The van der Waals surface area contributed by atoms with Crippen molar-refractivity contribution in [1.82, 2.24) is 0 Å². The van der Waals surface area contributed by atoms with Gasteiger partial charge in [0.25, 0.3) is 0 Å². The summed E-state index contributed by atoms with van der Waals surface area (Å²) in [5, 5.41) is 10.1. The first-order valence-electron chi connectivity index (χ1n) is 16.2. The van der Waals surface area contributed by atoms with Crippen LogP contribution in [0.1, 0.15) is 0 Å². The Kier molecular flexibility index (Phi) is 6.54. The Morgan fingerprint density at radius 3 is 1.62 bits per heavy atom. The Morgan fingerprint density at radius 2 is 0.851 bits per heavy atom. The van der Waals surface area contributed by atoms with E-state index in [0.29, 0.717) is 0 Å². The van der Waals surface area contributed by atoms with E-state index in [1.807, 2.05) is 0 Å². The highest BCUT2D eigenvalue weighted by Gasteiger charge is 2.20. The molecule has 0 radical (unpaired) electrons. The lowest BCUT2D eigenvalue weighted by molar-refractivity contribution is 1.30. The molecule has 0 aliphatic rings. The molecule has 0 atom stereocenters. The smallest absolute Gasteiger partial charge is 0.0546 e. The van der Waals surface area contributed by atoms with Gasteiger partial charge in [-0.15, -0.1) is 0 Å². The molecule has 9 aromatic carbocycles. The largest absolute Gasteiger partial charge is 0.310 e. The Labute approximate surface area is 274 Å². The van der Waals surface area contributed by atoms with Gasteiger partial charge < -0.3 is 4.90 Å². The van der Waals surface area contributed by atoms with Crippen LogP contribution in [-0.2, 0) is 0 Å². The van der Waals surface area contributed by atoms with E-state index in [-0.39, 0.29) is 0 Å². The third kappa shape index (κ3) is 4.72. The minimum atomic E-state index is 1.12. The summed E-state index contributed by atoms with van der Waals surface area (Å²) < 4.78 is 0. The van der Waals surface area contributed by atoms with Gasteiger partial charge in [0.1, 0.15) is 0 Å². The van der Waals surface area contributed by atoms with Crippen LogP contribution in [0.4, 0.5) is 17.1 Å². The fourth-order valence-corrected chi connectivity index (χ4v) is 7.17. The van der Waals surface area contributed by atoms with Gasteiger partial charge in [0, 0.05) is 16.8 Å². The molecule has 0 heterocycles. The fourth-order valence-electron chi connectivity index (χ4n) is 7.17. The summed E-state index contributed by atoms with van der Waals surface area (Å²) in [6.45, 7) is 0. The minimum absolute atomic E-state index is 1.12. The molecule has 0 N–H and O–H groups in total. The summed E-state index contributed by atoms with van der Waals surface area (Å²) in [7, 11) is 0. The van der Waals surface area contributed by atoms with Crippen molar-refractivity contribution in [3.05, 3.63) is 188 Å². The highest BCUT2D eigenvalue weighted by Crippen LogP contribution is 2.45. The second-order valence-corrected chi connectivity index (χ2v) is 12.2. The quantitative estimate of drug-likeness (QED) is 0.178. The van der Waals surface area contributed by atoms with Crippen LogP contribution in [0.2, 0.25) is 0 Å². The lowest BCUT2D eigenvalue weighted by Crippen LogP contribution is -2.11. The Hall–Kier alpha value is -6.18. The summed E-state index contributed by atoms with van der Waals surface area (Å²) in [4.78, 5) is 2.43. The van der Waals surface area contributed by atoms with Gasteiger partial charge in [-0.25, -0.2) is 0 Å². The normalized spacial score (nSPS) is 11.4. The highest BCUT2D eigenvalue weighted by molar-refractivity contribution is 6.27. The van der Waals surface area contributed by atoms with Crippen molar-refractivity contribution in [1.29, 1.82) is 0 Å². The third-order valence-corrected chi connectivity index (χ3v) is 9.41. The van der Waals surface area contributed by atoms with Gasteiger partial charge in [-0.3, -0.25) is 0 Å². The Balaban J connectivity index is 1.33. The van der Waals surface area contributed by atoms with Crippen LogP contribution >= 0.6 is 0 Å². The van der Waals surface area contributed by atoms with Crippen molar-refractivity contribution >= 4 is 60.2 Å². The van der Waals surface area contributed by atoms with Crippen LogP contribution < -0.4 is 4.90 Å². The van der Waals surface area contributed by atoms with Gasteiger partial charge in [-0.05, 0) is 90.3 Å². The predicted octanol–water partition coefficient (Wildman–Crippen LogP) is 13.1. The van der Waals surface area contributed by atoms with Gasteiger partial charge in [-0.1, -0.05) is 158 Å². The van der Waals surface area contributed by atoms with Crippen molar-refractivity contribution in [2.24, 2.45) is 0 Å². The average Bonchev–Trinajstić information content (AvgIpc) is 3.15. The van der Waals surface area contributed by atoms with E-state index in [0.717, 1.165) is 17.1 Å². The van der Waals surface area contributed by atoms with Crippen LogP contribution in [0.15, 0.2) is 188 Å². The first-order valence-corrected chi connectivity index (χ1v) is 16.2. The summed E-state index contributed by atoms with van der Waals surface area (Å²) in [5.41, 5.74) is 8.21. The van der Waals surface area contributed by atoms with E-state index in [2.05, 4.69) is 193 Å². The zero-order valence-corrected chi connectivity index (χ0v) is 25.8. The molecule has 220 valence electrons. The molecule has 0 aliphatic heterocycles. The molecule has 0 aromatic heterocycles. The lowest BCUT2D eigenvalue weighted by Gasteiger charge is -2.28. The van der Waals surface area contributed by atoms with Crippen molar-refractivity contribution in [2.75, 3.05) is 4.90 Å². The molecule has 0 unspecified atom stereocenters. The molecule has 0 fully saturated rings. The number of benzene rings is 9. The van der Waals surface area contributed by atoms with Crippen molar-refractivity contribution < 1.29 is 0 Å². The van der Waals surface area contributed by atoms with E-state index in [4.69, 9.17) is 0 Å². The Bertz CT molecular complexity index is 2550. The second-order valence-electron chi connectivity index (χ2n) is 12.2. The molecule has 0 amide bonds. The maximum absolute atomic E-state index is 2.43. The van der Waals surface area contributed by atoms with Crippen LogP contribution in [0, 0.1) is 0 Å². The maximum atomic E-state index is 2.43. The molecule has 0 aliphatic carbocycles. The van der Waals surface area contributed by atoms with Crippen LogP contribution in [0.3, 0.4) is 0 Å². The van der Waals surface area contributed by atoms with Crippen molar-refractivity contribution in [3.63, 3.8) is 0 Å². The standard InChI is InChI=1S/C46H31N/c1-3-12-32(13-4-1)34-22-25-38(26-23-34)47(39-19-11-18-36(30-39)33-14-5-2-6-15-33)45-31-37-17-8-10-21-41(37)46-43-27-24-35-16-7-9-20-40(35)42(43)28-29-44(45)46/h1-31H. The van der Waals surface area contributed by atoms with Crippen LogP contribution in [-0.4, -0.2) is 0 Å². The van der Waals surface area contributed by atoms with Crippen molar-refractivity contribution in [2.45, 2.75) is 0 Å². The molecule has 0 spiro atoms. The third-order valence-electron chi connectivity index (χ3n) is 9.41. The fraction of sp³-hybridized carbons (Fsp3) is 0. The lowest BCUT2D eigenvalue weighted by atomic mass is 9.92. The molecule has 0 bridgehead atoms. The van der Waals surface area contributed by atoms with E-state index in [1.54, 1.807) is 0 Å². The molecule has 1 heteroatoms. The Morgan fingerprint density at radius 1 is 0.277 bits per heavy atom. The zero-order chi connectivity index (χ0) is 31.2. The molecule has 1 nitrogen and oxygen atoms in total. The van der Waals surface area contributed by atoms with E-state index < -0.39 is 0 Å². The zero-order valence-electron chi connectivity index (χ0n) is 25.8. The second kappa shape index (κ2) is 11.3. The topological polar surface area (TPSA) is 3.24 Å². The first kappa shape index (κ1) is 27.2. The summed E-state index contributed by atoms with van der Waals surface area (Å²) >= 11 is 0. The van der Waals surface area contributed by atoms with E-state index in [1.165, 1.54) is 65.3 Å². The van der Waals surface area contributed by atoms with Crippen LogP contribution in [0.5, 0.6) is 0 Å². The molecule has 9 rings (SSSR count). The van der Waals surface area contributed by atoms with Gasteiger partial charge in [0.15, 0.2) is 0 Å². The average molecular weight is 598 g/mol. The summed E-state index contributed by atoms with van der Waals surface area (Å²) in [5.74, 6) is 0. The number of rotatable bonds is 5. The summed E-state index contributed by atoms with van der Waals surface area (Å²) in [6.07, 6.45) is 0. The van der Waals surface area contributed by atoms with Crippen LogP contribution in [0.25, 0.3) is 65.3 Å². The van der Waals surface area contributed by atoms with Gasteiger partial charge in [-0.2, -0.15) is 0 Å². The van der Waals surface area contributed by atoms with E-state index >= 15 is 0 Å². The molecule has 9 aromatic rings. The highest BCUT2D eigenvalue weighted by atomic mass is 15.1. The minimum Gasteiger partial charge on any atom is -0.310 e. The number of hydrogen-bond donors (Lipinski definition) is 0. The SMILES string of the molecule is c1ccc(-c2ccc(N(c3cccc(-c4ccccc4)c3)c3cc4ccccc4c4c3ccc3c5ccccc5ccc34)cc2)cc1.